The van der Waals surface area contributed by atoms with E-state index in [4.69, 9.17) is 21.1 Å². The van der Waals surface area contributed by atoms with Crippen LogP contribution in [0.15, 0.2) is 42.5 Å². The minimum Gasteiger partial charge on any atom is -0.491 e. The van der Waals surface area contributed by atoms with Crippen LogP contribution >= 0.6 is 11.6 Å². The van der Waals surface area contributed by atoms with Crippen molar-refractivity contribution in [2.24, 2.45) is 0 Å². The van der Waals surface area contributed by atoms with Crippen molar-refractivity contribution in [3.63, 3.8) is 0 Å². The molecule has 33 heavy (non-hydrogen) atoms. The van der Waals surface area contributed by atoms with Gasteiger partial charge in [-0.3, -0.25) is 9.59 Å². The van der Waals surface area contributed by atoms with E-state index in [-0.39, 0.29) is 11.8 Å². The Hall–Kier alpha value is -3.03. The molecule has 1 N–H and O–H groups in total. The molecule has 1 saturated heterocycles. The fraction of sp³-hybridized carbons (Fsp3) is 0.360. The molecule has 1 fully saturated rings. The second-order valence-corrected chi connectivity index (χ2v) is 8.22. The molecule has 0 saturated carbocycles. The molecule has 0 unspecified atom stereocenters. The summed E-state index contributed by atoms with van der Waals surface area (Å²) in [5.74, 6) is 0.803. The van der Waals surface area contributed by atoms with Gasteiger partial charge in [-0.1, -0.05) is 23.7 Å². The van der Waals surface area contributed by atoms with E-state index in [9.17, 15) is 9.59 Å². The van der Waals surface area contributed by atoms with Crippen LogP contribution in [0.4, 0.5) is 0 Å². The zero-order valence-electron chi connectivity index (χ0n) is 19.3. The highest BCUT2D eigenvalue weighted by atomic mass is 35.5. The summed E-state index contributed by atoms with van der Waals surface area (Å²) in [4.78, 5) is 29.0. The maximum Gasteiger partial charge on any atom is 0.253 e. The molecule has 3 rings (SSSR count). The third-order valence-corrected chi connectivity index (χ3v) is 5.70. The number of nitrogens with one attached hydrogen (secondary N) is 1. The first-order chi connectivity index (χ1) is 15.9. The largest absolute Gasteiger partial charge is 0.491 e. The standard InChI is InChI=1S/C25H30ClN3O4/c1-4-33-22-16-19(15-21(26)24(22)32-3)7-10-23(30)27-17-18-5-8-20(9-6-18)25(31)29-13-11-28(2)12-14-29/h5-10,15-16H,4,11-14,17H2,1-3H3,(H,27,30)/b10-7+. The highest BCUT2D eigenvalue weighted by Crippen LogP contribution is 2.36. The van der Waals surface area contributed by atoms with Gasteiger partial charge < -0.3 is 24.6 Å². The van der Waals surface area contributed by atoms with Gasteiger partial charge in [-0.05, 0) is 55.4 Å². The van der Waals surface area contributed by atoms with Crippen molar-refractivity contribution in [3.05, 3.63) is 64.2 Å². The Balaban J connectivity index is 1.54. The fourth-order valence-corrected chi connectivity index (χ4v) is 3.82. The van der Waals surface area contributed by atoms with Crippen molar-refractivity contribution in [1.29, 1.82) is 0 Å². The summed E-state index contributed by atoms with van der Waals surface area (Å²) in [7, 11) is 3.59. The Morgan fingerprint density at radius 1 is 1.12 bits per heavy atom. The van der Waals surface area contributed by atoms with E-state index < -0.39 is 0 Å². The third kappa shape index (κ3) is 6.73. The fourth-order valence-electron chi connectivity index (χ4n) is 3.52. The summed E-state index contributed by atoms with van der Waals surface area (Å²) in [5.41, 5.74) is 2.31. The van der Waals surface area contributed by atoms with Gasteiger partial charge in [-0.25, -0.2) is 0 Å². The van der Waals surface area contributed by atoms with Gasteiger partial charge in [-0.15, -0.1) is 0 Å². The number of benzene rings is 2. The molecule has 7 nitrogen and oxygen atoms in total. The van der Waals surface area contributed by atoms with Crippen molar-refractivity contribution in [2.45, 2.75) is 13.5 Å². The number of ether oxygens (including phenoxy) is 2. The van der Waals surface area contributed by atoms with E-state index in [0.717, 1.165) is 37.3 Å². The lowest BCUT2D eigenvalue weighted by Crippen LogP contribution is -2.47. The van der Waals surface area contributed by atoms with Crippen molar-refractivity contribution in [2.75, 3.05) is 46.9 Å². The Kier molecular flexibility index (Phi) is 8.74. The van der Waals surface area contributed by atoms with Crippen molar-refractivity contribution in [3.8, 4) is 11.5 Å². The first kappa shape index (κ1) is 24.6. The van der Waals surface area contributed by atoms with E-state index in [1.807, 2.05) is 36.1 Å². The maximum atomic E-state index is 12.6. The van der Waals surface area contributed by atoms with E-state index in [1.54, 1.807) is 18.2 Å². The first-order valence-corrected chi connectivity index (χ1v) is 11.3. The summed E-state index contributed by atoms with van der Waals surface area (Å²) in [5, 5.41) is 3.26. The predicted octanol–water partition coefficient (Wildman–Crippen LogP) is 3.46. The molecular weight excluding hydrogens is 442 g/mol. The van der Waals surface area contributed by atoms with Gasteiger partial charge in [0.25, 0.3) is 5.91 Å². The Labute approximate surface area is 199 Å². The van der Waals surface area contributed by atoms with E-state index >= 15 is 0 Å². The normalized spacial score (nSPS) is 14.4. The lowest BCUT2D eigenvalue weighted by atomic mass is 10.1. The number of carbonyl (C=O) groups is 2. The van der Waals surface area contributed by atoms with Crippen molar-refractivity contribution >= 4 is 29.5 Å². The van der Waals surface area contributed by atoms with E-state index in [1.165, 1.54) is 13.2 Å². The van der Waals surface area contributed by atoms with Gasteiger partial charge in [-0.2, -0.15) is 0 Å². The number of likely N-dealkylation sites (N-methyl/N-ethyl adjacent to an activating group) is 1. The quantitative estimate of drug-likeness (QED) is 0.597. The summed E-state index contributed by atoms with van der Waals surface area (Å²) in [6.07, 6.45) is 3.11. The highest BCUT2D eigenvalue weighted by Gasteiger charge is 2.20. The Bertz CT molecular complexity index is 999. The summed E-state index contributed by atoms with van der Waals surface area (Å²) < 4.78 is 10.8. The van der Waals surface area contributed by atoms with Crippen LogP contribution in [0.2, 0.25) is 5.02 Å². The summed E-state index contributed by atoms with van der Waals surface area (Å²) in [6, 6.07) is 10.8. The molecule has 176 valence electrons. The SMILES string of the molecule is CCOc1cc(/C=C/C(=O)NCc2ccc(C(=O)N3CCN(C)CC3)cc2)cc(Cl)c1OC. The van der Waals surface area contributed by atoms with Crippen LogP contribution in [-0.2, 0) is 11.3 Å². The molecule has 1 aliphatic rings. The minimum atomic E-state index is -0.238. The summed E-state index contributed by atoms with van der Waals surface area (Å²) in [6.45, 7) is 5.96. The highest BCUT2D eigenvalue weighted by molar-refractivity contribution is 6.32. The molecule has 0 aromatic heterocycles. The summed E-state index contributed by atoms with van der Waals surface area (Å²) >= 11 is 6.25. The second kappa shape index (κ2) is 11.7. The van der Waals surface area contributed by atoms with Gasteiger partial charge in [0.1, 0.15) is 0 Å². The molecule has 1 heterocycles. The van der Waals surface area contributed by atoms with Crippen LogP contribution in [0.25, 0.3) is 6.08 Å². The lowest BCUT2D eigenvalue weighted by Gasteiger charge is -2.32. The molecule has 2 aromatic rings. The predicted molar refractivity (Wildman–Crippen MR) is 130 cm³/mol. The number of piperazine rings is 1. The number of methoxy groups -OCH3 is 1. The Morgan fingerprint density at radius 3 is 2.45 bits per heavy atom. The molecule has 2 aromatic carbocycles. The third-order valence-electron chi connectivity index (χ3n) is 5.42. The van der Waals surface area contributed by atoms with E-state index in [0.29, 0.717) is 35.2 Å². The van der Waals surface area contributed by atoms with Gasteiger partial charge in [0.2, 0.25) is 5.91 Å². The molecular formula is C25H30ClN3O4. The van der Waals surface area contributed by atoms with Crippen molar-refractivity contribution < 1.29 is 19.1 Å². The van der Waals surface area contributed by atoms with Gasteiger partial charge in [0.05, 0.1) is 18.7 Å². The molecule has 8 heteroatoms. The average Bonchev–Trinajstić information content (AvgIpc) is 2.82. The van der Waals surface area contributed by atoms with Crippen LogP contribution in [-0.4, -0.2) is 68.6 Å². The van der Waals surface area contributed by atoms with Crippen LogP contribution in [0, 0.1) is 0 Å². The smallest absolute Gasteiger partial charge is 0.253 e. The number of hydrogen-bond acceptors (Lipinski definition) is 5. The lowest BCUT2D eigenvalue weighted by molar-refractivity contribution is -0.116. The number of halogens is 1. The Morgan fingerprint density at radius 2 is 1.82 bits per heavy atom. The number of nitrogens with zero attached hydrogens (tertiary/aromatic N) is 2. The zero-order valence-corrected chi connectivity index (χ0v) is 20.0. The number of amides is 2. The van der Waals surface area contributed by atoms with Crippen LogP contribution < -0.4 is 14.8 Å². The molecule has 0 aliphatic carbocycles. The van der Waals surface area contributed by atoms with Gasteiger partial charge >= 0.3 is 0 Å². The second-order valence-electron chi connectivity index (χ2n) is 7.81. The van der Waals surface area contributed by atoms with Gasteiger partial charge in [0.15, 0.2) is 11.5 Å². The topological polar surface area (TPSA) is 71.1 Å². The average molecular weight is 472 g/mol. The number of rotatable bonds is 8. The van der Waals surface area contributed by atoms with Crippen LogP contribution in [0.1, 0.15) is 28.4 Å². The first-order valence-electron chi connectivity index (χ1n) is 10.9. The van der Waals surface area contributed by atoms with Gasteiger partial charge in [0, 0.05) is 44.4 Å². The van der Waals surface area contributed by atoms with Crippen molar-refractivity contribution in [1.82, 2.24) is 15.1 Å². The van der Waals surface area contributed by atoms with E-state index in [2.05, 4.69) is 17.3 Å². The minimum absolute atomic E-state index is 0.0474. The molecule has 0 bridgehead atoms. The molecule has 0 radical (unpaired) electrons. The molecule has 2 amide bonds. The number of hydrogen-bond donors (Lipinski definition) is 1. The molecule has 0 spiro atoms. The van der Waals surface area contributed by atoms with Crippen LogP contribution in [0.5, 0.6) is 11.5 Å². The monoisotopic (exact) mass is 471 g/mol. The maximum absolute atomic E-state index is 12.6. The van der Waals surface area contributed by atoms with Crippen LogP contribution in [0.3, 0.4) is 0 Å². The zero-order chi connectivity index (χ0) is 23.8. The molecule has 0 atom stereocenters. The molecule has 1 aliphatic heterocycles. The number of carbonyl (C=O) groups excluding carboxylic acids is 2.